The van der Waals surface area contributed by atoms with Crippen molar-refractivity contribution >= 4 is 126 Å². The Balaban J connectivity index is 1.16. The highest BCUT2D eigenvalue weighted by Gasteiger charge is 2.58. The molecule has 3 nitrogen and oxygen atoms in total. The summed E-state index contributed by atoms with van der Waals surface area (Å²) >= 11 is 3.87. The number of benzene rings is 7. The third-order valence-electron chi connectivity index (χ3n) is 16.8. The SMILES string of the molecule is CC(C)(C)c1ccc2c(c1)N(c1cccc3sc4ccccc4c13)c1cc(N3c4ccc(C(C)(C)C)cc4C4(C)CCCCC34C)cc3c1B2c1cccc2c4sc5ccccc5c4n-3c12. The molecule has 0 saturated heterocycles. The second kappa shape index (κ2) is 13.0. The lowest BCUT2D eigenvalue weighted by atomic mass is 9.33. The highest BCUT2D eigenvalue weighted by Crippen LogP contribution is 2.62. The summed E-state index contributed by atoms with van der Waals surface area (Å²) < 4.78 is 8.10. The van der Waals surface area contributed by atoms with Gasteiger partial charge in [0, 0.05) is 69.5 Å². The predicted octanol–water partition coefficient (Wildman–Crippen LogP) is 15.3. The minimum atomic E-state index is -0.117. The number of aromatic nitrogens is 1. The zero-order chi connectivity index (χ0) is 44.8. The average molecular weight is 892 g/mol. The van der Waals surface area contributed by atoms with Gasteiger partial charge in [-0.2, -0.15) is 0 Å². The minimum Gasteiger partial charge on any atom is -0.334 e. The van der Waals surface area contributed by atoms with Crippen molar-refractivity contribution in [3.63, 3.8) is 0 Å². The molecule has 6 heterocycles. The maximum atomic E-state index is 2.84. The van der Waals surface area contributed by atoms with E-state index in [9.17, 15) is 0 Å². The van der Waals surface area contributed by atoms with Gasteiger partial charge in [0.15, 0.2) is 0 Å². The highest BCUT2D eigenvalue weighted by molar-refractivity contribution is 7.27. The Kier molecular flexibility index (Phi) is 7.75. The van der Waals surface area contributed by atoms with Gasteiger partial charge in [-0.3, -0.25) is 0 Å². The third kappa shape index (κ3) is 4.94. The third-order valence-corrected chi connectivity index (χ3v) is 19.2. The van der Waals surface area contributed by atoms with E-state index < -0.39 is 0 Å². The van der Waals surface area contributed by atoms with Crippen LogP contribution in [0.4, 0.5) is 28.4 Å². The first-order valence-electron chi connectivity index (χ1n) is 24.2. The van der Waals surface area contributed by atoms with Crippen molar-refractivity contribution in [2.75, 3.05) is 9.80 Å². The van der Waals surface area contributed by atoms with Crippen LogP contribution in [-0.4, -0.2) is 16.8 Å². The summed E-state index contributed by atoms with van der Waals surface area (Å²) in [5, 5.41) is 5.36. The van der Waals surface area contributed by atoms with Crippen molar-refractivity contribution in [3.05, 3.63) is 150 Å². The molecule has 14 rings (SSSR count). The topological polar surface area (TPSA) is 11.4 Å². The first kappa shape index (κ1) is 39.4. The lowest BCUT2D eigenvalue weighted by molar-refractivity contribution is 0.195. The van der Waals surface area contributed by atoms with Crippen LogP contribution in [0.15, 0.2) is 133 Å². The molecule has 2 unspecified atom stereocenters. The number of thiophene rings is 2. The van der Waals surface area contributed by atoms with Crippen LogP contribution in [0.3, 0.4) is 0 Å². The van der Waals surface area contributed by atoms with Gasteiger partial charge in [-0.15, -0.1) is 22.7 Å². The fourth-order valence-corrected chi connectivity index (χ4v) is 15.6. The highest BCUT2D eigenvalue weighted by atomic mass is 32.1. The number of para-hydroxylation sites is 1. The van der Waals surface area contributed by atoms with Gasteiger partial charge >= 0.3 is 0 Å². The Bertz CT molecular complexity index is 3760. The number of nitrogens with zero attached hydrogens (tertiary/aromatic N) is 3. The molecule has 1 saturated carbocycles. The summed E-state index contributed by atoms with van der Waals surface area (Å²) in [6.45, 7) is 19.5. The monoisotopic (exact) mass is 891 g/mol. The van der Waals surface area contributed by atoms with E-state index in [0.29, 0.717) is 0 Å². The van der Waals surface area contributed by atoms with E-state index in [1.807, 2.05) is 22.7 Å². The van der Waals surface area contributed by atoms with Crippen molar-refractivity contribution < 1.29 is 0 Å². The van der Waals surface area contributed by atoms with E-state index in [1.54, 1.807) is 0 Å². The molecular weight excluding hydrogens is 838 g/mol. The maximum Gasteiger partial charge on any atom is 0.252 e. The van der Waals surface area contributed by atoms with E-state index in [2.05, 4.69) is 203 Å². The van der Waals surface area contributed by atoms with E-state index in [-0.39, 0.29) is 28.5 Å². The molecule has 1 fully saturated rings. The molecule has 324 valence electrons. The molecule has 66 heavy (non-hydrogen) atoms. The zero-order valence-corrected chi connectivity index (χ0v) is 40.9. The Morgan fingerprint density at radius 3 is 2.00 bits per heavy atom. The summed E-state index contributed by atoms with van der Waals surface area (Å²) in [7, 11) is 0. The molecule has 3 aromatic heterocycles. The molecule has 0 N–H and O–H groups in total. The Hall–Kier alpha value is -5.82. The van der Waals surface area contributed by atoms with Crippen LogP contribution in [-0.2, 0) is 16.2 Å². The molecule has 0 amide bonds. The lowest BCUT2D eigenvalue weighted by Gasteiger charge is -2.51. The van der Waals surface area contributed by atoms with Gasteiger partial charge < -0.3 is 14.4 Å². The fraction of sp³-hybridized carbons (Fsp3) is 0.267. The van der Waals surface area contributed by atoms with Crippen LogP contribution in [0.1, 0.15) is 97.8 Å². The van der Waals surface area contributed by atoms with E-state index in [4.69, 9.17) is 0 Å². The molecule has 10 aromatic rings. The summed E-state index contributed by atoms with van der Waals surface area (Å²) in [6.07, 6.45) is 4.83. The lowest BCUT2D eigenvalue weighted by Crippen LogP contribution is -2.60. The Morgan fingerprint density at radius 1 is 0.530 bits per heavy atom. The van der Waals surface area contributed by atoms with Crippen LogP contribution in [0.5, 0.6) is 0 Å². The van der Waals surface area contributed by atoms with Gasteiger partial charge in [0.05, 0.1) is 27.0 Å². The van der Waals surface area contributed by atoms with Crippen LogP contribution in [0, 0.1) is 0 Å². The minimum absolute atomic E-state index is 0.00323. The zero-order valence-electron chi connectivity index (χ0n) is 39.3. The number of hydrogen-bond donors (Lipinski definition) is 0. The first-order valence-corrected chi connectivity index (χ1v) is 25.8. The van der Waals surface area contributed by atoms with Gasteiger partial charge in [0.1, 0.15) is 0 Å². The van der Waals surface area contributed by atoms with Gasteiger partial charge in [0.25, 0.3) is 6.71 Å². The van der Waals surface area contributed by atoms with Crippen LogP contribution in [0.2, 0.25) is 0 Å². The normalized spacial score (nSPS) is 19.9. The summed E-state index contributed by atoms with van der Waals surface area (Å²) in [6, 6.07) is 52.6. The number of hydrogen-bond acceptors (Lipinski definition) is 4. The quantitative estimate of drug-likeness (QED) is 0.160. The summed E-state index contributed by atoms with van der Waals surface area (Å²) in [5.74, 6) is 0. The standard InChI is InChI=1S/C60H54BN3S2/c1-57(2,3)35-26-28-44-41(31-35)59(7)29-13-14-30-60(59,8)64(44)37-33-47-53-48(34-37)63-54-40(56-55(63)39-18-10-12-23-50(39)66-56)19-15-20-43(54)61(53)42-27-25-36(58(4,5)6)32-46(42)62(47)45-21-16-24-51-52(45)38-17-9-11-22-49(38)65-51/h9-12,15-28,31-34H,13-14,29-30H2,1-8H3. The fourth-order valence-electron chi connectivity index (χ4n) is 13.3. The summed E-state index contributed by atoms with van der Waals surface area (Å²) in [4.78, 5) is 5.55. The maximum absolute atomic E-state index is 2.84. The molecule has 2 atom stereocenters. The van der Waals surface area contributed by atoms with Crippen molar-refractivity contribution in [1.29, 1.82) is 0 Å². The van der Waals surface area contributed by atoms with Crippen molar-refractivity contribution in [2.24, 2.45) is 0 Å². The van der Waals surface area contributed by atoms with E-state index in [0.717, 1.165) is 6.42 Å². The van der Waals surface area contributed by atoms with Gasteiger partial charge in [-0.05, 0) is 112 Å². The predicted molar refractivity (Wildman–Crippen MR) is 289 cm³/mol. The van der Waals surface area contributed by atoms with Crippen LogP contribution < -0.4 is 26.2 Å². The molecule has 1 aliphatic carbocycles. The molecule has 0 bridgehead atoms. The Morgan fingerprint density at radius 2 is 1.20 bits per heavy atom. The van der Waals surface area contributed by atoms with Crippen LogP contribution in [0.25, 0.3) is 57.1 Å². The average Bonchev–Trinajstić information content (AvgIpc) is 4.02. The number of anilines is 5. The second-order valence-electron chi connectivity index (χ2n) is 22.4. The molecule has 0 radical (unpaired) electrons. The van der Waals surface area contributed by atoms with Crippen molar-refractivity contribution in [2.45, 2.75) is 103 Å². The Labute approximate surface area is 396 Å². The molecular formula is C60H54BN3S2. The number of fused-ring (bicyclic) bond motifs is 15. The van der Waals surface area contributed by atoms with Crippen LogP contribution >= 0.6 is 22.7 Å². The smallest absolute Gasteiger partial charge is 0.252 e. The van der Waals surface area contributed by atoms with Gasteiger partial charge in [-0.1, -0.05) is 146 Å². The number of rotatable bonds is 2. The van der Waals surface area contributed by atoms with Crippen molar-refractivity contribution in [1.82, 2.24) is 4.57 Å². The summed E-state index contributed by atoms with van der Waals surface area (Å²) in [5.41, 5.74) is 18.9. The van der Waals surface area contributed by atoms with E-state index in [1.165, 1.54) is 138 Å². The largest absolute Gasteiger partial charge is 0.334 e. The molecule has 0 spiro atoms. The van der Waals surface area contributed by atoms with Gasteiger partial charge in [-0.25, -0.2) is 0 Å². The molecule has 3 aliphatic heterocycles. The molecule has 6 heteroatoms. The molecule has 7 aromatic carbocycles. The van der Waals surface area contributed by atoms with Crippen molar-refractivity contribution in [3.8, 4) is 5.69 Å². The first-order chi connectivity index (χ1) is 31.7. The second-order valence-corrected chi connectivity index (χ2v) is 24.6. The molecule has 4 aliphatic rings. The van der Waals surface area contributed by atoms with E-state index >= 15 is 0 Å². The van der Waals surface area contributed by atoms with Gasteiger partial charge in [0.2, 0.25) is 0 Å².